The molecule has 0 spiro atoms. The second kappa shape index (κ2) is 6.35. The van der Waals surface area contributed by atoms with Crippen LogP contribution in [0, 0.1) is 11.7 Å². The summed E-state index contributed by atoms with van der Waals surface area (Å²) in [6.45, 7) is 4.14. The average Bonchev–Trinajstić information content (AvgIpc) is 2.39. The van der Waals surface area contributed by atoms with E-state index >= 15 is 0 Å². The van der Waals surface area contributed by atoms with Crippen LogP contribution in [0.3, 0.4) is 0 Å². The molecule has 0 radical (unpaired) electrons. The second-order valence-electron chi connectivity index (χ2n) is 5.34. The monoisotopic (exact) mass is 266 g/mol. The van der Waals surface area contributed by atoms with Gasteiger partial charge in [-0.25, -0.2) is 4.39 Å². The van der Waals surface area contributed by atoms with Gasteiger partial charge in [0, 0.05) is 19.6 Å². The van der Waals surface area contributed by atoms with Crippen molar-refractivity contribution in [3.8, 4) is 0 Å². The Balaban J connectivity index is 2.14. The molecule has 1 fully saturated rings. The summed E-state index contributed by atoms with van der Waals surface area (Å²) in [6, 6.07) is 5.25. The maximum atomic E-state index is 14.1. The van der Waals surface area contributed by atoms with Crippen molar-refractivity contribution in [2.45, 2.75) is 32.4 Å². The zero-order chi connectivity index (χ0) is 13.8. The Hall–Kier alpha value is -1.13. The molecule has 0 bridgehead atoms. The topological polar surface area (TPSA) is 35.5 Å². The molecule has 1 aliphatic rings. The molecule has 2 N–H and O–H groups in total. The molecule has 1 aromatic carbocycles. The van der Waals surface area contributed by atoms with Crippen molar-refractivity contribution in [1.82, 2.24) is 5.32 Å². The number of para-hydroxylation sites is 1. The fourth-order valence-electron chi connectivity index (χ4n) is 2.85. The lowest BCUT2D eigenvalue weighted by Crippen LogP contribution is -2.38. The predicted molar refractivity (Wildman–Crippen MR) is 75.8 cm³/mol. The molecule has 0 amide bonds. The van der Waals surface area contributed by atoms with E-state index < -0.39 is 0 Å². The first-order chi connectivity index (χ1) is 9.13. The molecule has 3 nitrogen and oxygen atoms in total. The number of halogens is 1. The van der Waals surface area contributed by atoms with Gasteiger partial charge >= 0.3 is 0 Å². The molecule has 1 aliphatic heterocycles. The van der Waals surface area contributed by atoms with Crippen LogP contribution >= 0.6 is 0 Å². The van der Waals surface area contributed by atoms with Crippen LogP contribution in [-0.2, 0) is 6.54 Å². The molecule has 1 saturated heterocycles. The van der Waals surface area contributed by atoms with Crippen molar-refractivity contribution in [1.29, 1.82) is 0 Å². The summed E-state index contributed by atoms with van der Waals surface area (Å²) in [5.41, 5.74) is 1.72. The molecule has 1 aromatic rings. The van der Waals surface area contributed by atoms with Gasteiger partial charge in [-0.15, -0.1) is 0 Å². The summed E-state index contributed by atoms with van der Waals surface area (Å²) >= 11 is 0. The third kappa shape index (κ3) is 3.25. The van der Waals surface area contributed by atoms with E-state index in [1.54, 1.807) is 6.07 Å². The standard InChI is InChI=1S/C15H23FN2O/c1-11(19)12-6-8-18(9-7-12)15-13(10-17-2)4-3-5-14(15)16/h3-5,11-12,17,19H,6-10H2,1-2H3. The zero-order valence-corrected chi connectivity index (χ0v) is 11.7. The molecule has 2 rings (SSSR count). The molecule has 0 saturated carbocycles. The first-order valence-corrected chi connectivity index (χ1v) is 6.98. The summed E-state index contributed by atoms with van der Waals surface area (Å²) in [6.07, 6.45) is 1.58. The molecule has 106 valence electrons. The van der Waals surface area contributed by atoms with Gasteiger partial charge in [0.25, 0.3) is 0 Å². The average molecular weight is 266 g/mol. The van der Waals surface area contributed by atoms with Crippen molar-refractivity contribution in [2.24, 2.45) is 5.92 Å². The number of hydrogen-bond acceptors (Lipinski definition) is 3. The Bertz CT molecular complexity index is 415. The summed E-state index contributed by atoms with van der Waals surface area (Å²) in [7, 11) is 1.87. The molecule has 0 aliphatic carbocycles. The van der Waals surface area contributed by atoms with Crippen molar-refractivity contribution in [2.75, 3.05) is 25.0 Å². The highest BCUT2D eigenvalue weighted by atomic mass is 19.1. The fourth-order valence-corrected chi connectivity index (χ4v) is 2.85. The Morgan fingerprint density at radius 2 is 2.11 bits per heavy atom. The van der Waals surface area contributed by atoms with E-state index in [0.29, 0.717) is 12.5 Å². The van der Waals surface area contributed by atoms with Gasteiger partial charge in [-0.1, -0.05) is 12.1 Å². The van der Waals surface area contributed by atoms with E-state index in [2.05, 4.69) is 10.2 Å². The summed E-state index contributed by atoms with van der Waals surface area (Å²) in [5.74, 6) is 0.194. The molecule has 0 aromatic heterocycles. The molecule has 4 heteroatoms. The van der Waals surface area contributed by atoms with Gasteiger partial charge in [-0.05, 0) is 44.4 Å². The van der Waals surface area contributed by atoms with Crippen LogP contribution in [0.1, 0.15) is 25.3 Å². The molecule has 1 unspecified atom stereocenters. The van der Waals surface area contributed by atoms with Gasteiger partial charge in [0.05, 0.1) is 11.8 Å². The largest absolute Gasteiger partial charge is 0.393 e. The smallest absolute Gasteiger partial charge is 0.146 e. The minimum absolute atomic E-state index is 0.150. The minimum atomic E-state index is -0.264. The van der Waals surface area contributed by atoms with Crippen LogP contribution in [0.2, 0.25) is 0 Å². The van der Waals surface area contributed by atoms with Crippen LogP contribution in [0.5, 0.6) is 0 Å². The highest BCUT2D eigenvalue weighted by Gasteiger charge is 2.25. The van der Waals surface area contributed by atoms with Crippen molar-refractivity contribution in [3.05, 3.63) is 29.6 Å². The maximum absolute atomic E-state index is 14.1. The summed E-state index contributed by atoms with van der Waals surface area (Å²) in [5, 5.41) is 12.7. The first-order valence-electron chi connectivity index (χ1n) is 6.98. The number of rotatable bonds is 4. The Kier molecular flexibility index (Phi) is 4.77. The van der Waals surface area contributed by atoms with E-state index in [-0.39, 0.29) is 11.9 Å². The molecular weight excluding hydrogens is 243 g/mol. The predicted octanol–water partition coefficient (Wildman–Crippen LogP) is 2.14. The van der Waals surface area contributed by atoms with Gasteiger partial charge in [0.1, 0.15) is 5.82 Å². The van der Waals surface area contributed by atoms with Gasteiger partial charge < -0.3 is 15.3 Å². The Labute approximate surface area is 114 Å². The van der Waals surface area contributed by atoms with Crippen molar-refractivity contribution in [3.63, 3.8) is 0 Å². The molecule has 1 heterocycles. The van der Waals surface area contributed by atoms with E-state index in [4.69, 9.17) is 0 Å². The maximum Gasteiger partial charge on any atom is 0.146 e. The third-order valence-corrected chi connectivity index (χ3v) is 3.98. The first kappa shape index (κ1) is 14.3. The van der Waals surface area contributed by atoms with E-state index in [9.17, 15) is 9.50 Å². The van der Waals surface area contributed by atoms with Crippen LogP contribution in [0.15, 0.2) is 18.2 Å². The number of anilines is 1. The van der Waals surface area contributed by atoms with Crippen LogP contribution in [0.4, 0.5) is 10.1 Å². The van der Waals surface area contributed by atoms with Gasteiger partial charge in [0.15, 0.2) is 0 Å². The highest BCUT2D eigenvalue weighted by molar-refractivity contribution is 5.55. The molecule has 1 atom stereocenters. The number of aliphatic hydroxyl groups excluding tert-OH is 1. The number of aliphatic hydroxyl groups is 1. The highest BCUT2D eigenvalue weighted by Crippen LogP contribution is 2.30. The van der Waals surface area contributed by atoms with Gasteiger partial charge in [-0.3, -0.25) is 0 Å². The number of benzene rings is 1. The lowest BCUT2D eigenvalue weighted by molar-refractivity contribution is 0.110. The third-order valence-electron chi connectivity index (χ3n) is 3.98. The quantitative estimate of drug-likeness (QED) is 0.876. The lowest BCUT2D eigenvalue weighted by Gasteiger charge is -2.36. The zero-order valence-electron chi connectivity index (χ0n) is 11.7. The SMILES string of the molecule is CNCc1cccc(F)c1N1CCC(C(C)O)CC1. The van der Waals surface area contributed by atoms with Gasteiger partial charge in [0.2, 0.25) is 0 Å². The van der Waals surface area contributed by atoms with Crippen LogP contribution < -0.4 is 10.2 Å². The summed E-state index contributed by atoms with van der Waals surface area (Å²) < 4.78 is 14.1. The van der Waals surface area contributed by atoms with Crippen LogP contribution in [0.25, 0.3) is 0 Å². The van der Waals surface area contributed by atoms with Crippen molar-refractivity contribution >= 4 is 5.69 Å². The number of piperidine rings is 1. The number of hydrogen-bond donors (Lipinski definition) is 2. The van der Waals surface area contributed by atoms with E-state index in [0.717, 1.165) is 37.2 Å². The normalized spacial score (nSPS) is 18.6. The Morgan fingerprint density at radius 1 is 1.42 bits per heavy atom. The Morgan fingerprint density at radius 3 is 2.68 bits per heavy atom. The van der Waals surface area contributed by atoms with Gasteiger partial charge in [-0.2, -0.15) is 0 Å². The molecule has 19 heavy (non-hydrogen) atoms. The van der Waals surface area contributed by atoms with Crippen molar-refractivity contribution < 1.29 is 9.50 Å². The fraction of sp³-hybridized carbons (Fsp3) is 0.600. The van der Waals surface area contributed by atoms with E-state index in [1.807, 2.05) is 20.0 Å². The molecular formula is C15H23FN2O. The second-order valence-corrected chi connectivity index (χ2v) is 5.34. The lowest BCUT2D eigenvalue weighted by atomic mass is 9.91. The number of nitrogens with one attached hydrogen (secondary N) is 1. The summed E-state index contributed by atoms with van der Waals surface area (Å²) in [4.78, 5) is 2.11. The minimum Gasteiger partial charge on any atom is -0.393 e. The van der Waals surface area contributed by atoms with E-state index in [1.165, 1.54) is 6.07 Å². The van der Waals surface area contributed by atoms with Crippen LogP contribution in [-0.4, -0.2) is 31.3 Å². The number of nitrogens with zero attached hydrogens (tertiary/aromatic N) is 1.